The average Bonchev–Trinajstić information content (AvgIpc) is 2.69. The Kier molecular flexibility index (Phi) is 3.04. The van der Waals surface area contributed by atoms with E-state index in [1.807, 2.05) is 29.1 Å². The number of pyridine rings is 1. The third kappa shape index (κ3) is 2.37. The van der Waals surface area contributed by atoms with Crippen molar-refractivity contribution in [1.82, 2.24) is 9.55 Å². The van der Waals surface area contributed by atoms with Crippen LogP contribution in [0.3, 0.4) is 0 Å². The maximum Gasteiger partial charge on any atom is 0.0696 e. The quantitative estimate of drug-likeness (QED) is 0.864. The van der Waals surface area contributed by atoms with Crippen LogP contribution in [0.1, 0.15) is 11.1 Å². The Labute approximate surface area is 93.0 Å². The molecule has 78 valence electrons. The topological polar surface area (TPSA) is 38.0 Å². The van der Waals surface area contributed by atoms with E-state index in [-0.39, 0.29) is 6.61 Å². The predicted molar refractivity (Wildman–Crippen MR) is 58.7 cm³/mol. The van der Waals surface area contributed by atoms with Gasteiger partial charge in [-0.25, -0.2) is 0 Å². The van der Waals surface area contributed by atoms with Crippen LogP contribution in [0.2, 0.25) is 5.02 Å². The van der Waals surface area contributed by atoms with E-state index in [2.05, 4.69) is 4.98 Å². The zero-order chi connectivity index (χ0) is 10.7. The fraction of sp³-hybridized carbons (Fsp3) is 0.182. The normalized spacial score (nSPS) is 10.5. The molecule has 0 fully saturated rings. The zero-order valence-electron chi connectivity index (χ0n) is 8.10. The highest BCUT2D eigenvalue weighted by Gasteiger charge is 2.01. The molecule has 0 aliphatic heterocycles. The van der Waals surface area contributed by atoms with Crippen molar-refractivity contribution in [2.24, 2.45) is 0 Å². The molecular formula is C11H11ClN2O. The lowest BCUT2D eigenvalue weighted by atomic mass is 10.2. The molecule has 2 rings (SSSR count). The van der Waals surface area contributed by atoms with Crippen molar-refractivity contribution in [2.45, 2.75) is 13.2 Å². The zero-order valence-corrected chi connectivity index (χ0v) is 8.85. The Bertz CT molecular complexity index is 453. The van der Waals surface area contributed by atoms with Gasteiger partial charge in [0.1, 0.15) is 0 Å². The van der Waals surface area contributed by atoms with E-state index in [0.29, 0.717) is 11.6 Å². The first-order chi connectivity index (χ1) is 7.29. The summed E-state index contributed by atoms with van der Waals surface area (Å²) in [5.41, 5.74) is 1.92. The molecule has 0 aromatic carbocycles. The van der Waals surface area contributed by atoms with Gasteiger partial charge in [0.25, 0.3) is 0 Å². The van der Waals surface area contributed by atoms with Crippen LogP contribution in [0.15, 0.2) is 36.9 Å². The lowest BCUT2D eigenvalue weighted by Gasteiger charge is -2.04. The largest absolute Gasteiger partial charge is 0.392 e. The first-order valence-electron chi connectivity index (χ1n) is 4.63. The summed E-state index contributed by atoms with van der Waals surface area (Å²) in [4.78, 5) is 3.93. The van der Waals surface area contributed by atoms with Crippen molar-refractivity contribution in [3.05, 3.63) is 53.1 Å². The maximum absolute atomic E-state index is 8.92. The smallest absolute Gasteiger partial charge is 0.0696 e. The Hall–Kier alpha value is -1.32. The SMILES string of the molecule is OCc1ccn(Cc2ccncc2Cl)c1. The third-order valence-electron chi connectivity index (χ3n) is 2.20. The first kappa shape index (κ1) is 10.2. The molecule has 4 heteroatoms. The van der Waals surface area contributed by atoms with Crippen LogP contribution in [0.4, 0.5) is 0 Å². The number of aromatic nitrogens is 2. The van der Waals surface area contributed by atoms with Gasteiger partial charge in [-0.15, -0.1) is 0 Å². The summed E-state index contributed by atoms with van der Waals surface area (Å²) >= 11 is 5.99. The Morgan fingerprint density at radius 1 is 1.40 bits per heavy atom. The monoisotopic (exact) mass is 222 g/mol. The van der Waals surface area contributed by atoms with Crippen LogP contribution in [-0.2, 0) is 13.2 Å². The number of halogens is 1. The van der Waals surface area contributed by atoms with Gasteiger partial charge in [-0.1, -0.05) is 11.6 Å². The molecule has 0 atom stereocenters. The molecule has 2 aromatic heterocycles. The van der Waals surface area contributed by atoms with Crippen molar-refractivity contribution in [2.75, 3.05) is 0 Å². The summed E-state index contributed by atoms with van der Waals surface area (Å²) in [6.07, 6.45) is 7.17. The van der Waals surface area contributed by atoms with Crippen LogP contribution >= 0.6 is 11.6 Å². The highest BCUT2D eigenvalue weighted by Crippen LogP contribution is 2.15. The highest BCUT2D eigenvalue weighted by atomic mass is 35.5. The van der Waals surface area contributed by atoms with Gasteiger partial charge in [-0.2, -0.15) is 0 Å². The summed E-state index contributed by atoms with van der Waals surface area (Å²) in [6, 6.07) is 3.77. The van der Waals surface area contributed by atoms with Gasteiger partial charge >= 0.3 is 0 Å². The summed E-state index contributed by atoms with van der Waals surface area (Å²) in [7, 11) is 0. The molecule has 0 amide bonds. The van der Waals surface area contributed by atoms with Gasteiger partial charge in [0.2, 0.25) is 0 Å². The third-order valence-corrected chi connectivity index (χ3v) is 2.54. The minimum absolute atomic E-state index is 0.0665. The molecule has 1 N–H and O–H groups in total. The van der Waals surface area contributed by atoms with Crippen LogP contribution in [0, 0.1) is 0 Å². The standard InChI is InChI=1S/C11H11ClN2O/c12-11-5-13-3-1-10(11)7-14-4-2-9(6-14)8-15/h1-6,15H,7-8H2. The molecule has 0 unspecified atom stereocenters. The molecule has 0 saturated heterocycles. The molecule has 0 radical (unpaired) electrons. The molecule has 0 bridgehead atoms. The van der Waals surface area contributed by atoms with E-state index in [0.717, 1.165) is 11.1 Å². The number of hydrogen-bond donors (Lipinski definition) is 1. The molecule has 0 saturated carbocycles. The lowest BCUT2D eigenvalue weighted by Crippen LogP contribution is -1.97. The molecule has 0 aliphatic rings. The summed E-state index contributed by atoms with van der Waals surface area (Å²) in [5, 5.41) is 9.59. The molecule has 0 spiro atoms. The maximum atomic E-state index is 8.92. The van der Waals surface area contributed by atoms with E-state index in [4.69, 9.17) is 16.7 Å². The average molecular weight is 223 g/mol. The van der Waals surface area contributed by atoms with Gasteiger partial charge in [0.05, 0.1) is 11.6 Å². The molecular weight excluding hydrogens is 212 g/mol. The van der Waals surface area contributed by atoms with Gasteiger partial charge in [-0.05, 0) is 23.3 Å². The van der Waals surface area contributed by atoms with Crippen LogP contribution in [0.25, 0.3) is 0 Å². The molecule has 2 aromatic rings. The lowest BCUT2D eigenvalue weighted by molar-refractivity contribution is 0.282. The van der Waals surface area contributed by atoms with Crippen molar-refractivity contribution >= 4 is 11.6 Å². The van der Waals surface area contributed by atoms with E-state index in [1.165, 1.54) is 0 Å². The predicted octanol–water partition coefficient (Wildman–Crippen LogP) is 2.08. The van der Waals surface area contributed by atoms with Gasteiger partial charge in [0.15, 0.2) is 0 Å². The van der Waals surface area contributed by atoms with E-state index >= 15 is 0 Å². The van der Waals surface area contributed by atoms with E-state index in [1.54, 1.807) is 12.4 Å². The Morgan fingerprint density at radius 3 is 2.93 bits per heavy atom. The fourth-order valence-electron chi connectivity index (χ4n) is 1.41. The molecule has 2 heterocycles. The molecule has 0 aliphatic carbocycles. The summed E-state index contributed by atoms with van der Waals surface area (Å²) < 4.78 is 1.98. The van der Waals surface area contributed by atoms with Gasteiger partial charge in [-0.3, -0.25) is 4.98 Å². The minimum Gasteiger partial charge on any atom is -0.392 e. The van der Waals surface area contributed by atoms with E-state index < -0.39 is 0 Å². The fourth-order valence-corrected chi connectivity index (χ4v) is 1.59. The first-order valence-corrected chi connectivity index (χ1v) is 5.01. The second-order valence-electron chi connectivity index (χ2n) is 3.32. The van der Waals surface area contributed by atoms with Crippen molar-refractivity contribution in [3.63, 3.8) is 0 Å². The van der Waals surface area contributed by atoms with Crippen LogP contribution in [0.5, 0.6) is 0 Å². The Morgan fingerprint density at radius 2 is 2.27 bits per heavy atom. The summed E-state index contributed by atoms with van der Waals surface area (Å²) in [6.45, 7) is 0.762. The number of hydrogen-bond acceptors (Lipinski definition) is 2. The van der Waals surface area contributed by atoms with Crippen LogP contribution < -0.4 is 0 Å². The van der Waals surface area contributed by atoms with Gasteiger partial charge < -0.3 is 9.67 Å². The van der Waals surface area contributed by atoms with Crippen molar-refractivity contribution in [1.29, 1.82) is 0 Å². The molecule has 15 heavy (non-hydrogen) atoms. The highest BCUT2D eigenvalue weighted by molar-refractivity contribution is 6.31. The summed E-state index contributed by atoms with van der Waals surface area (Å²) in [5.74, 6) is 0. The minimum atomic E-state index is 0.0665. The van der Waals surface area contributed by atoms with Crippen LogP contribution in [-0.4, -0.2) is 14.7 Å². The number of aliphatic hydroxyl groups excluding tert-OH is 1. The Balaban J connectivity index is 2.18. The second kappa shape index (κ2) is 4.47. The second-order valence-corrected chi connectivity index (χ2v) is 3.72. The van der Waals surface area contributed by atoms with E-state index in [9.17, 15) is 0 Å². The van der Waals surface area contributed by atoms with Crippen molar-refractivity contribution in [3.8, 4) is 0 Å². The van der Waals surface area contributed by atoms with Gasteiger partial charge in [0, 0.05) is 31.3 Å². The number of rotatable bonds is 3. The number of nitrogens with zero attached hydrogens (tertiary/aromatic N) is 2. The molecule has 3 nitrogen and oxygen atoms in total. The van der Waals surface area contributed by atoms with Crippen molar-refractivity contribution < 1.29 is 5.11 Å². The number of aliphatic hydroxyl groups is 1.